The predicted molar refractivity (Wildman–Crippen MR) is 118 cm³/mol. The Balaban J connectivity index is 1.54. The molecular weight excluding hydrogens is 420 g/mol. The lowest BCUT2D eigenvalue weighted by Gasteiger charge is -2.35. The lowest BCUT2D eigenvalue weighted by atomic mass is 10.0. The van der Waals surface area contributed by atoms with Gasteiger partial charge in [0.2, 0.25) is 0 Å². The van der Waals surface area contributed by atoms with Crippen molar-refractivity contribution in [3.63, 3.8) is 0 Å². The first-order valence-corrected chi connectivity index (χ1v) is 10.4. The van der Waals surface area contributed by atoms with Crippen LogP contribution in [0.5, 0.6) is 5.75 Å². The molecule has 1 amide bonds. The molecule has 0 aliphatic carbocycles. The van der Waals surface area contributed by atoms with Gasteiger partial charge in [0.1, 0.15) is 11.3 Å². The van der Waals surface area contributed by atoms with Crippen molar-refractivity contribution >= 4 is 28.5 Å². The number of carbonyl (C=O) groups is 1. The van der Waals surface area contributed by atoms with E-state index in [1.807, 2.05) is 24.3 Å². The standard InChI is InChI=1S/C23H23ClN2O5/c1-29-17-5-2-15(3-6-17)19(26-8-10-30-11-9-26)14-25-23(28)22-13-20(27)18-12-16(24)4-7-21(18)31-22/h2-7,12-13,19H,8-11,14H2,1H3,(H,25,28)/t19-/m0/s1. The maximum atomic E-state index is 12.8. The number of fused-ring (bicyclic) bond motifs is 1. The van der Waals surface area contributed by atoms with Crippen LogP contribution in [0.15, 0.2) is 57.7 Å². The monoisotopic (exact) mass is 442 g/mol. The summed E-state index contributed by atoms with van der Waals surface area (Å²) in [6, 6.07) is 13.7. The fraction of sp³-hybridized carbons (Fsp3) is 0.304. The second-order valence-electron chi connectivity index (χ2n) is 7.26. The minimum atomic E-state index is -0.444. The SMILES string of the molecule is COc1ccc([C@H](CNC(=O)c2cc(=O)c3cc(Cl)ccc3o2)N2CCOCC2)cc1. The second kappa shape index (κ2) is 9.51. The molecule has 3 aromatic rings. The van der Waals surface area contributed by atoms with Gasteiger partial charge in [-0.05, 0) is 35.9 Å². The zero-order chi connectivity index (χ0) is 21.8. The van der Waals surface area contributed by atoms with Gasteiger partial charge in [0.25, 0.3) is 5.91 Å². The molecule has 1 aliphatic heterocycles. The van der Waals surface area contributed by atoms with Crippen LogP contribution in [0.3, 0.4) is 0 Å². The van der Waals surface area contributed by atoms with E-state index in [1.165, 1.54) is 12.1 Å². The van der Waals surface area contributed by atoms with Crippen LogP contribution in [-0.2, 0) is 4.74 Å². The number of hydrogen-bond donors (Lipinski definition) is 1. The molecule has 4 rings (SSSR count). The van der Waals surface area contributed by atoms with E-state index in [0.717, 1.165) is 24.4 Å². The van der Waals surface area contributed by atoms with Crippen LogP contribution < -0.4 is 15.5 Å². The fourth-order valence-electron chi connectivity index (χ4n) is 3.69. The third-order valence-electron chi connectivity index (χ3n) is 5.36. The molecule has 1 aliphatic rings. The average molecular weight is 443 g/mol. The minimum absolute atomic E-state index is 0.0321. The van der Waals surface area contributed by atoms with Gasteiger partial charge in [0.15, 0.2) is 11.2 Å². The molecule has 0 saturated carbocycles. The number of ether oxygens (including phenoxy) is 2. The fourth-order valence-corrected chi connectivity index (χ4v) is 3.86. The highest BCUT2D eigenvalue weighted by molar-refractivity contribution is 6.31. The van der Waals surface area contributed by atoms with Gasteiger partial charge in [-0.2, -0.15) is 0 Å². The van der Waals surface area contributed by atoms with Crippen LogP contribution in [-0.4, -0.2) is 50.8 Å². The molecule has 1 N–H and O–H groups in total. The number of nitrogens with one attached hydrogen (secondary N) is 1. The molecule has 1 aromatic heterocycles. The maximum Gasteiger partial charge on any atom is 0.287 e. The zero-order valence-electron chi connectivity index (χ0n) is 17.1. The van der Waals surface area contributed by atoms with E-state index >= 15 is 0 Å². The highest BCUT2D eigenvalue weighted by Crippen LogP contribution is 2.24. The van der Waals surface area contributed by atoms with Crippen LogP contribution in [0.2, 0.25) is 5.02 Å². The number of halogens is 1. The molecule has 2 heterocycles. The summed E-state index contributed by atoms with van der Waals surface area (Å²) in [5, 5.41) is 3.69. The maximum absolute atomic E-state index is 12.8. The first-order valence-electron chi connectivity index (χ1n) is 10.0. The molecule has 1 fully saturated rings. The molecule has 31 heavy (non-hydrogen) atoms. The largest absolute Gasteiger partial charge is 0.497 e. The van der Waals surface area contributed by atoms with Crippen molar-refractivity contribution in [3.05, 3.63) is 75.1 Å². The van der Waals surface area contributed by atoms with Crippen molar-refractivity contribution in [1.82, 2.24) is 10.2 Å². The Kier molecular flexibility index (Phi) is 6.56. The van der Waals surface area contributed by atoms with Gasteiger partial charge >= 0.3 is 0 Å². The highest BCUT2D eigenvalue weighted by atomic mass is 35.5. The summed E-state index contributed by atoms with van der Waals surface area (Å²) in [5.41, 5.74) is 1.06. The first kappa shape index (κ1) is 21.4. The van der Waals surface area contributed by atoms with E-state index in [4.69, 9.17) is 25.5 Å². The number of morpholine rings is 1. The van der Waals surface area contributed by atoms with E-state index in [0.29, 0.717) is 35.8 Å². The van der Waals surface area contributed by atoms with E-state index < -0.39 is 5.91 Å². The van der Waals surface area contributed by atoms with E-state index in [2.05, 4.69) is 10.2 Å². The average Bonchev–Trinajstić information content (AvgIpc) is 2.80. The molecule has 0 bridgehead atoms. The van der Waals surface area contributed by atoms with Crippen LogP contribution in [0.4, 0.5) is 0 Å². The Morgan fingerprint density at radius 2 is 1.90 bits per heavy atom. The van der Waals surface area contributed by atoms with Crippen molar-refractivity contribution in [2.45, 2.75) is 6.04 Å². The summed E-state index contributed by atoms with van der Waals surface area (Å²) in [7, 11) is 1.62. The van der Waals surface area contributed by atoms with Crippen LogP contribution >= 0.6 is 11.6 Å². The number of benzene rings is 2. The molecule has 1 saturated heterocycles. The summed E-state index contributed by atoms with van der Waals surface area (Å²) in [4.78, 5) is 27.5. The van der Waals surface area contributed by atoms with Crippen LogP contribution in [0, 0.1) is 0 Å². The van der Waals surface area contributed by atoms with E-state index in [9.17, 15) is 9.59 Å². The van der Waals surface area contributed by atoms with Crippen molar-refractivity contribution in [3.8, 4) is 5.75 Å². The normalized spacial score (nSPS) is 15.5. The Labute approximate surface area is 184 Å². The molecule has 162 valence electrons. The predicted octanol–water partition coefficient (Wildman–Crippen LogP) is 3.26. The summed E-state index contributed by atoms with van der Waals surface area (Å²) >= 11 is 5.95. The second-order valence-corrected chi connectivity index (χ2v) is 7.70. The molecule has 7 nitrogen and oxygen atoms in total. The van der Waals surface area contributed by atoms with Gasteiger partial charge in [-0.15, -0.1) is 0 Å². The molecule has 8 heteroatoms. The quantitative estimate of drug-likeness (QED) is 0.631. The summed E-state index contributed by atoms with van der Waals surface area (Å²) in [6.07, 6.45) is 0. The summed E-state index contributed by atoms with van der Waals surface area (Å²) in [6.45, 7) is 3.16. The number of hydrogen-bond acceptors (Lipinski definition) is 6. The highest BCUT2D eigenvalue weighted by Gasteiger charge is 2.24. The number of carbonyl (C=O) groups excluding carboxylic acids is 1. The third kappa shape index (κ3) is 4.90. The van der Waals surface area contributed by atoms with Crippen molar-refractivity contribution in [2.24, 2.45) is 0 Å². The lowest BCUT2D eigenvalue weighted by Crippen LogP contribution is -2.43. The van der Waals surface area contributed by atoms with Crippen LogP contribution in [0.25, 0.3) is 11.0 Å². The Morgan fingerprint density at radius 3 is 2.61 bits per heavy atom. The van der Waals surface area contributed by atoms with E-state index in [-0.39, 0.29) is 17.2 Å². The van der Waals surface area contributed by atoms with Gasteiger partial charge in [-0.1, -0.05) is 23.7 Å². The van der Waals surface area contributed by atoms with Crippen molar-refractivity contribution in [1.29, 1.82) is 0 Å². The van der Waals surface area contributed by atoms with Crippen molar-refractivity contribution in [2.75, 3.05) is 40.0 Å². The summed E-state index contributed by atoms with van der Waals surface area (Å²) in [5.74, 6) is 0.294. The molecule has 2 aromatic carbocycles. The topological polar surface area (TPSA) is 81.0 Å². The Morgan fingerprint density at radius 1 is 1.16 bits per heavy atom. The third-order valence-corrected chi connectivity index (χ3v) is 5.59. The Bertz CT molecular complexity index is 1120. The zero-order valence-corrected chi connectivity index (χ0v) is 17.9. The lowest BCUT2D eigenvalue weighted by molar-refractivity contribution is 0.0161. The Hall–Kier alpha value is -2.87. The van der Waals surface area contributed by atoms with Gasteiger partial charge in [-0.25, -0.2) is 0 Å². The molecular formula is C23H23ClN2O5. The van der Waals surface area contributed by atoms with Gasteiger partial charge in [0.05, 0.1) is 31.8 Å². The first-order chi connectivity index (χ1) is 15.0. The summed E-state index contributed by atoms with van der Waals surface area (Å²) < 4.78 is 16.4. The number of nitrogens with zero attached hydrogens (tertiary/aromatic N) is 1. The van der Waals surface area contributed by atoms with E-state index in [1.54, 1.807) is 19.2 Å². The molecule has 0 spiro atoms. The molecule has 0 radical (unpaired) electrons. The van der Waals surface area contributed by atoms with Gasteiger partial charge in [-0.3, -0.25) is 14.5 Å². The number of rotatable bonds is 6. The van der Waals surface area contributed by atoms with Crippen molar-refractivity contribution < 1.29 is 18.7 Å². The number of methoxy groups -OCH3 is 1. The molecule has 1 atom stereocenters. The molecule has 0 unspecified atom stereocenters. The van der Waals surface area contributed by atoms with Gasteiger partial charge in [0, 0.05) is 30.7 Å². The number of amides is 1. The van der Waals surface area contributed by atoms with Crippen LogP contribution in [0.1, 0.15) is 22.2 Å². The minimum Gasteiger partial charge on any atom is -0.497 e. The van der Waals surface area contributed by atoms with Gasteiger partial charge < -0.3 is 19.2 Å². The smallest absolute Gasteiger partial charge is 0.287 e.